The molecule has 0 unspecified atom stereocenters. The molecule has 3 aromatic rings. The Balaban J connectivity index is 1.29. The summed E-state index contributed by atoms with van der Waals surface area (Å²) in [5.41, 5.74) is 1.12. The van der Waals surface area contributed by atoms with Crippen LogP contribution in [0.4, 0.5) is 5.82 Å². The Hall–Kier alpha value is -3.29. The minimum absolute atomic E-state index is 0.0485. The molecule has 1 N–H and O–H groups in total. The number of amides is 1. The Kier molecular flexibility index (Phi) is 5.04. The third kappa shape index (κ3) is 4.11. The Labute approximate surface area is 157 Å². The van der Waals surface area contributed by atoms with Crippen molar-refractivity contribution >= 4 is 11.7 Å². The lowest BCUT2D eigenvalue weighted by Crippen LogP contribution is -2.40. The molecule has 1 fully saturated rings. The Morgan fingerprint density at radius 2 is 1.78 bits per heavy atom. The average Bonchev–Trinajstić information content (AvgIpc) is 3.28. The fourth-order valence-electron chi connectivity index (χ4n) is 3.24. The number of rotatable bonds is 5. The SMILES string of the molecule is O=C(NCc1ccccc1)C1CCN(c2ccc(-n3cncn3)nn2)CC1. The molecule has 3 heterocycles. The molecule has 138 valence electrons. The maximum absolute atomic E-state index is 12.4. The monoisotopic (exact) mass is 363 g/mol. The smallest absolute Gasteiger partial charge is 0.223 e. The summed E-state index contributed by atoms with van der Waals surface area (Å²) in [7, 11) is 0. The molecule has 1 amide bonds. The van der Waals surface area contributed by atoms with Gasteiger partial charge in [0.1, 0.15) is 12.7 Å². The van der Waals surface area contributed by atoms with Crippen molar-refractivity contribution in [3.05, 3.63) is 60.7 Å². The summed E-state index contributed by atoms with van der Waals surface area (Å²) in [6, 6.07) is 13.8. The van der Waals surface area contributed by atoms with Gasteiger partial charge >= 0.3 is 0 Å². The number of benzene rings is 1. The fourth-order valence-corrected chi connectivity index (χ4v) is 3.24. The van der Waals surface area contributed by atoms with Crippen LogP contribution in [-0.4, -0.2) is 44.0 Å². The van der Waals surface area contributed by atoms with Gasteiger partial charge in [-0.05, 0) is 30.5 Å². The molecule has 0 bridgehead atoms. The lowest BCUT2D eigenvalue weighted by Gasteiger charge is -2.31. The first kappa shape index (κ1) is 17.1. The molecule has 1 aromatic carbocycles. The topological polar surface area (TPSA) is 88.8 Å². The van der Waals surface area contributed by atoms with Crippen LogP contribution < -0.4 is 10.2 Å². The molecule has 8 nitrogen and oxygen atoms in total. The Morgan fingerprint density at radius 3 is 2.44 bits per heavy atom. The van der Waals surface area contributed by atoms with Gasteiger partial charge in [0.05, 0.1) is 0 Å². The van der Waals surface area contributed by atoms with Gasteiger partial charge in [0.25, 0.3) is 0 Å². The molecule has 2 aromatic heterocycles. The molecule has 4 rings (SSSR count). The summed E-state index contributed by atoms with van der Waals surface area (Å²) in [4.78, 5) is 18.5. The lowest BCUT2D eigenvalue weighted by molar-refractivity contribution is -0.125. The zero-order valence-electron chi connectivity index (χ0n) is 14.9. The number of carbonyl (C=O) groups excluding carboxylic acids is 1. The maximum atomic E-state index is 12.4. The van der Waals surface area contributed by atoms with E-state index in [1.807, 2.05) is 42.5 Å². The van der Waals surface area contributed by atoms with Crippen LogP contribution in [0.15, 0.2) is 55.1 Å². The number of aromatic nitrogens is 5. The summed E-state index contributed by atoms with van der Waals surface area (Å²) in [6.45, 7) is 2.16. The van der Waals surface area contributed by atoms with E-state index in [1.54, 1.807) is 11.0 Å². The van der Waals surface area contributed by atoms with Crippen LogP contribution in [0.3, 0.4) is 0 Å². The number of hydrogen-bond acceptors (Lipinski definition) is 6. The third-order valence-electron chi connectivity index (χ3n) is 4.79. The van der Waals surface area contributed by atoms with Gasteiger partial charge in [-0.1, -0.05) is 30.3 Å². The number of carbonyl (C=O) groups is 1. The van der Waals surface area contributed by atoms with Crippen LogP contribution in [0.1, 0.15) is 18.4 Å². The normalized spacial score (nSPS) is 14.9. The highest BCUT2D eigenvalue weighted by molar-refractivity contribution is 5.79. The van der Waals surface area contributed by atoms with E-state index in [0.717, 1.165) is 37.3 Å². The fraction of sp³-hybridized carbons (Fsp3) is 0.316. The van der Waals surface area contributed by atoms with E-state index in [1.165, 1.54) is 6.33 Å². The van der Waals surface area contributed by atoms with E-state index in [9.17, 15) is 4.79 Å². The average molecular weight is 363 g/mol. The van der Waals surface area contributed by atoms with Crippen molar-refractivity contribution in [2.24, 2.45) is 5.92 Å². The largest absolute Gasteiger partial charge is 0.355 e. The van der Waals surface area contributed by atoms with Crippen molar-refractivity contribution in [3.63, 3.8) is 0 Å². The van der Waals surface area contributed by atoms with Crippen molar-refractivity contribution in [2.75, 3.05) is 18.0 Å². The first-order valence-electron chi connectivity index (χ1n) is 9.05. The minimum Gasteiger partial charge on any atom is -0.355 e. The molecule has 0 aliphatic carbocycles. The highest BCUT2D eigenvalue weighted by Gasteiger charge is 2.25. The second kappa shape index (κ2) is 7.94. The van der Waals surface area contributed by atoms with E-state index in [4.69, 9.17) is 0 Å². The number of hydrogen-bond donors (Lipinski definition) is 1. The molecule has 8 heteroatoms. The van der Waals surface area contributed by atoms with Gasteiger partial charge < -0.3 is 10.2 Å². The highest BCUT2D eigenvalue weighted by Crippen LogP contribution is 2.22. The molecular weight excluding hydrogens is 342 g/mol. The van der Waals surface area contributed by atoms with E-state index < -0.39 is 0 Å². The van der Waals surface area contributed by atoms with Crippen molar-refractivity contribution in [1.82, 2.24) is 30.3 Å². The van der Waals surface area contributed by atoms with Gasteiger partial charge in [-0.2, -0.15) is 5.10 Å². The lowest BCUT2D eigenvalue weighted by atomic mass is 9.96. The predicted molar refractivity (Wildman–Crippen MR) is 100 cm³/mol. The van der Waals surface area contributed by atoms with E-state index >= 15 is 0 Å². The van der Waals surface area contributed by atoms with E-state index in [0.29, 0.717) is 12.4 Å². The van der Waals surface area contributed by atoms with Crippen LogP contribution in [0.2, 0.25) is 0 Å². The minimum atomic E-state index is 0.0485. The second-order valence-corrected chi connectivity index (χ2v) is 6.55. The van der Waals surface area contributed by atoms with Crippen LogP contribution >= 0.6 is 0 Å². The van der Waals surface area contributed by atoms with Crippen molar-refractivity contribution in [1.29, 1.82) is 0 Å². The second-order valence-electron chi connectivity index (χ2n) is 6.55. The van der Waals surface area contributed by atoms with Gasteiger partial charge in [0, 0.05) is 25.6 Å². The first-order valence-corrected chi connectivity index (χ1v) is 9.05. The molecule has 0 spiro atoms. The van der Waals surface area contributed by atoms with E-state index in [2.05, 4.69) is 30.5 Å². The van der Waals surface area contributed by atoms with Gasteiger partial charge in [-0.15, -0.1) is 10.2 Å². The summed E-state index contributed by atoms with van der Waals surface area (Å²) < 4.78 is 1.57. The summed E-state index contributed by atoms with van der Waals surface area (Å²) >= 11 is 0. The Bertz CT molecular complexity index is 857. The molecule has 1 aliphatic rings. The van der Waals surface area contributed by atoms with Gasteiger partial charge in [-0.25, -0.2) is 9.67 Å². The standard InChI is InChI=1S/C19H21N7O/c27-19(21-12-15-4-2-1-3-5-15)16-8-10-25(11-9-16)17-6-7-18(24-23-17)26-14-20-13-22-26/h1-7,13-14,16H,8-12H2,(H,21,27). The van der Waals surface area contributed by atoms with Gasteiger partial charge in [-0.3, -0.25) is 4.79 Å². The van der Waals surface area contributed by atoms with Crippen molar-refractivity contribution < 1.29 is 4.79 Å². The maximum Gasteiger partial charge on any atom is 0.223 e. The van der Waals surface area contributed by atoms with Crippen molar-refractivity contribution in [2.45, 2.75) is 19.4 Å². The highest BCUT2D eigenvalue weighted by atomic mass is 16.1. The molecule has 0 radical (unpaired) electrons. The number of nitrogens with one attached hydrogen (secondary N) is 1. The molecule has 1 saturated heterocycles. The van der Waals surface area contributed by atoms with Crippen LogP contribution in [0.25, 0.3) is 5.82 Å². The summed E-state index contributed by atoms with van der Waals surface area (Å²) in [6.07, 6.45) is 4.67. The summed E-state index contributed by atoms with van der Waals surface area (Å²) in [5, 5.41) is 15.6. The molecular formula is C19H21N7O. The first-order chi connectivity index (χ1) is 13.3. The number of piperidine rings is 1. The van der Waals surface area contributed by atoms with Crippen LogP contribution in [0, 0.1) is 5.92 Å². The zero-order chi connectivity index (χ0) is 18.5. The molecule has 1 aliphatic heterocycles. The number of anilines is 1. The Morgan fingerprint density at radius 1 is 1.04 bits per heavy atom. The molecule has 27 heavy (non-hydrogen) atoms. The molecule has 0 saturated carbocycles. The van der Waals surface area contributed by atoms with E-state index in [-0.39, 0.29) is 11.8 Å². The summed E-state index contributed by atoms with van der Waals surface area (Å²) in [5.74, 6) is 1.63. The third-order valence-corrected chi connectivity index (χ3v) is 4.79. The van der Waals surface area contributed by atoms with Crippen LogP contribution in [0.5, 0.6) is 0 Å². The van der Waals surface area contributed by atoms with Crippen molar-refractivity contribution in [3.8, 4) is 5.82 Å². The van der Waals surface area contributed by atoms with Crippen LogP contribution in [-0.2, 0) is 11.3 Å². The zero-order valence-corrected chi connectivity index (χ0v) is 14.9. The predicted octanol–water partition coefficient (Wildman–Crippen LogP) is 1.59. The number of nitrogens with zero attached hydrogens (tertiary/aromatic N) is 6. The van der Waals surface area contributed by atoms with Gasteiger partial charge in [0.15, 0.2) is 11.6 Å². The quantitative estimate of drug-likeness (QED) is 0.741. The van der Waals surface area contributed by atoms with Gasteiger partial charge in [0.2, 0.25) is 5.91 Å². The molecule has 0 atom stereocenters.